The maximum Gasteiger partial charge on any atom is 0.0666 e. The van der Waals surface area contributed by atoms with Crippen molar-refractivity contribution in [1.29, 1.82) is 0 Å². The van der Waals surface area contributed by atoms with Crippen molar-refractivity contribution < 1.29 is 42.1 Å². The summed E-state index contributed by atoms with van der Waals surface area (Å²) in [6.45, 7) is 4.48. The molecule has 3 N–H and O–H groups in total. The number of hydrogen-bond acceptors (Lipinski definition) is 6. The highest BCUT2D eigenvalue weighted by Gasteiger charge is 1.76. The van der Waals surface area contributed by atoms with Crippen LogP contribution in [0.5, 0.6) is 0 Å². The molecule has 0 fully saturated rings. The van der Waals surface area contributed by atoms with Crippen LogP contribution in [0.2, 0.25) is 0 Å². The third kappa shape index (κ3) is 860. The molecule has 9 nitrogen and oxygen atoms in total. The Hall–Kier alpha value is -1.04. The maximum atomic E-state index is 9.49. The molecule has 0 heterocycles. The van der Waals surface area contributed by atoms with Crippen LogP contribution in [0, 0.1) is 0 Å². The van der Waals surface area contributed by atoms with Crippen LogP contribution in [0.4, 0.5) is 0 Å². The number of carbonyl (C=O) groups excluding carboxylic acids is 1. The average molecular weight is 362 g/mol. The van der Waals surface area contributed by atoms with E-state index in [0.717, 1.165) is 0 Å². The molecule has 0 amide bonds. The summed E-state index contributed by atoms with van der Waals surface area (Å²) < 4.78 is 34.1. The van der Waals surface area contributed by atoms with Crippen molar-refractivity contribution in [1.82, 2.24) is 0 Å². The fourth-order valence-corrected chi connectivity index (χ4v) is 0. The molecular weight excluding hydrogens is 326 g/mol. The number of rotatable bonds is 1. The van der Waals surface area contributed by atoms with E-state index < -0.39 is 16.4 Å². The van der Waals surface area contributed by atoms with Crippen molar-refractivity contribution >= 4 is 16.4 Å². The SMILES string of the molecule is C=C(C)C(=O)[O-].C[NH+](C)C.C[NH+](C)C.C[NH+](C)C.O=S(=O)([O-])[O-]. The van der Waals surface area contributed by atoms with E-state index in [-0.39, 0.29) is 5.57 Å². The molecule has 0 bridgehead atoms. The second kappa shape index (κ2) is 21.0. The monoisotopic (exact) mass is 361 g/mol. The van der Waals surface area contributed by atoms with E-state index in [1.165, 1.54) is 21.6 Å². The Kier molecular flexibility index (Phi) is 30.6. The van der Waals surface area contributed by atoms with Gasteiger partial charge in [-0.1, -0.05) is 6.58 Å². The van der Waals surface area contributed by atoms with Gasteiger partial charge in [0.2, 0.25) is 0 Å². The van der Waals surface area contributed by atoms with Gasteiger partial charge in [-0.15, -0.1) is 0 Å². The predicted molar refractivity (Wildman–Crippen MR) is 86.5 cm³/mol. The zero-order chi connectivity index (χ0) is 20.4. The highest BCUT2D eigenvalue weighted by molar-refractivity contribution is 7.79. The van der Waals surface area contributed by atoms with Crippen LogP contribution >= 0.6 is 0 Å². The van der Waals surface area contributed by atoms with Crippen molar-refractivity contribution in [3.8, 4) is 0 Å². The van der Waals surface area contributed by atoms with Crippen LogP contribution in [0.15, 0.2) is 12.2 Å². The summed E-state index contributed by atoms with van der Waals surface area (Å²) in [6, 6.07) is 0. The molecule has 0 radical (unpaired) electrons. The summed E-state index contributed by atoms with van der Waals surface area (Å²) in [4.78, 5) is 13.7. The number of hydrogen-bond donors (Lipinski definition) is 3. The number of carboxylic acids is 1. The Bertz CT molecular complexity index is 325. The lowest BCUT2D eigenvalue weighted by Crippen LogP contribution is -3.02. The Balaban J connectivity index is -0.0000000594. The van der Waals surface area contributed by atoms with Gasteiger partial charge in [-0.3, -0.25) is 8.42 Å². The normalized spacial score (nSPS) is 9.17. The lowest BCUT2D eigenvalue weighted by atomic mass is 10.4. The minimum Gasteiger partial charge on any atom is -0.759 e. The van der Waals surface area contributed by atoms with Gasteiger partial charge in [0, 0.05) is 10.4 Å². The molecule has 10 heteroatoms. The fraction of sp³-hybridized carbons (Fsp3) is 0.769. The molecule has 23 heavy (non-hydrogen) atoms. The summed E-state index contributed by atoms with van der Waals surface area (Å²) in [5.74, 6) is -1.19. The Morgan fingerprint density at radius 2 is 0.826 bits per heavy atom. The number of carbonyl (C=O) groups is 1. The molecule has 0 saturated carbocycles. The molecule has 0 rings (SSSR count). The first-order valence-electron chi connectivity index (χ1n) is 6.68. The Morgan fingerprint density at radius 3 is 0.826 bits per heavy atom. The van der Waals surface area contributed by atoms with Crippen LogP contribution in [-0.2, 0) is 15.2 Å². The highest BCUT2D eigenvalue weighted by atomic mass is 32.3. The van der Waals surface area contributed by atoms with E-state index in [0.29, 0.717) is 0 Å². The van der Waals surface area contributed by atoms with Gasteiger partial charge < -0.3 is 33.7 Å². The van der Waals surface area contributed by atoms with Gasteiger partial charge in [0.15, 0.2) is 0 Å². The molecule has 0 aliphatic rings. The van der Waals surface area contributed by atoms with Crippen LogP contribution in [-0.4, -0.2) is 86.9 Å². The van der Waals surface area contributed by atoms with Gasteiger partial charge in [-0.2, -0.15) is 0 Å². The van der Waals surface area contributed by atoms with Crippen molar-refractivity contribution in [2.24, 2.45) is 0 Å². The van der Waals surface area contributed by atoms with Gasteiger partial charge in [-0.25, -0.2) is 0 Å². The first-order chi connectivity index (χ1) is 9.84. The first kappa shape index (κ1) is 33.5. The van der Waals surface area contributed by atoms with Gasteiger partial charge >= 0.3 is 0 Å². The number of aliphatic carboxylic acids is 1. The summed E-state index contributed by atoms with van der Waals surface area (Å²) in [5.41, 5.74) is 0.0648. The molecule has 0 atom stereocenters. The van der Waals surface area contributed by atoms with Gasteiger partial charge in [0.1, 0.15) is 0 Å². The molecule has 0 unspecified atom stereocenters. The van der Waals surface area contributed by atoms with Crippen molar-refractivity contribution in [2.45, 2.75) is 6.92 Å². The van der Waals surface area contributed by atoms with Crippen LogP contribution < -0.4 is 19.8 Å². The van der Waals surface area contributed by atoms with Crippen molar-refractivity contribution in [3.63, 3.8) is 0 Å². The van der Waals surface area contributed by atoms with E-state index in [9.17, 15) is 9.90 Å². The Morgan fingerprint density at radius 1 is 0.783 bits per heavy atom. The maximum absolute atomic E-state index is 9.49. The first-order valence-corrected chi connectivity index (χ1v) is 8.01. The molecular formula is C13H35N3O6S. The molecule has 0 aliphatic carbocycles. The quantitative estimate of drug-likeness (QED) is 0.242. The third-order valence-electron chi connectivity index (χ3n) is 0.348. The Labute approximate surface area is 141 Å². The molecule has 144 valence electrons. The largest absolute Gasteiger partial charge is 0.759 e. The van der Waals surface area contributed by atoms with Gasteiger partial charge in [-0.05, 0) is 12.5 Å². The number of quaternary nitrogens is 3. The lowest BCUT2D eigenvalue weighted by Gasteiger charge is -2.06. The minimum absolute atomic E-state index is 0.0648. The van der Waals surface area contributed by atoms with Crippen LogP contribution in [0.25, 0.3) is 0 Å². The predicted octanol–water partition coefficient (Wildman–Crippen LogP) is -5.74. The number of nitrogens with one attached hydrogen (secondary N) is 3. The van der Waals surface area contributed by atoms with Crippen LogP contribution in [0.3, 0.4) is 0 Å². The lowest BCUT2D eigenvalue weighted by molar-refractivity contribution is -0.836. The smallest absolute Gasteiger partial charge is 0.0666 e. The summed E-state index contributed by atoms with van der Waals surface area (Å²) in [6.07, 6.45) is 0. The summed E-state index contributed by atoms with van der Waals surface area (Å²) in [7, 11) is 13.6. The van der Waals surface area contributed by atoms with Crippen molar-refractivity contribution in [3.05, 3.63) is 12.2 Å². The summed E-state index contributed by atoms with van der Waals surface area (Å²) in [5, 5.41) is 9.49. The second-order valence-electron chi connectivity index (χ2n) is 5.98. The molecule has 0 aromatic rings. The van der Waals surface area contributed by atoms with E-state index in [1.807, 2.05) is 0 Å². The van der Waals surface area contributed by atoms with E-state index in [2.05, 4.69) is 70.0 Å². The second-order valence-corrected chi connectivity index (χ2v) is 6.79. The minimum atomic E-state index is -5.17. The average Bonchev–Trinajstić information content (AvgIpc) is 2.10. The van der Waals surface area contributed by atoms with E-state index in [4.69, 9.17) is 17.5 Å². The molecule has 0 aromatic carbocycles. The van der Waals surface area contributed by atoms with Crippen molar-refractivity contribution in [2.75, 3.05) is 63.4 Å². The van der Waals surface area contributed by atoms with Crippen LogP contribution in [0.1, 0.15) is 6.92 Å². The molecule has 0 spiro atoms. The molecule has 0 aromatic heterocycles. The third-order valence-corrected chi connectivity index (χ3v) is 0.348. The topological polar surface area (TPSA) is 134 Å². The molecule has 0 aliphatic heterocycles. The zero-order valence-corrected chi connectivity index (χ0v) is 16.9. The van der Waals surface area contributed by atoms with Gasteiger partial charge in [0.05, 0.1) is 69.4 Å². The van der Waals surface area contributed by atoms with E-state index >= 15 is 0 Å². The van der Waals surface area contributed by atoms with E-state index in [1.54, 1.807) is 0 Å². The fourth-order valence-electron chi connectivity index (χ4n) is 0. The standard InChI is InChI=1S/C4H6O2.3C3H9N.H2O4S/c1-3(2)4(5)6;3*1-4(2)3;1-5(2,3)4/h1H2,2H3,(H,5,6);3*1-3H3;(H2,1,2,3,4). The summed E-state index contributed by atoms with van der Waals surface area (Å²) >= 11 is 0. The van der Waals surface area contributed by atoms with Gasteiger partial charge in [0.25, 0.3) is 0 Å². The zero-order valence-electron chi connectivity index (χ0n) is 16.1. The highest BCUT2D eigenvalue weighted by Crippen LogP contribution is 1.77. The molecule has 0 saturated heterocycles. The number of carboxylic acid groups (broad SMARTS) is 1.